The topological polar surface area (TPSA) is 72.2 Å². The molecular formula is C20H14F3N5O. The average Bonchev–Trinajstić information content (AvgIpc) is 3.10. The first-order valence-electron chi connectivity index (χ1n) is 8.58. The lowest BCUT2D eigenvalue weighted by atomic mass is 10.0. The van der Waals surface area contributed by atoms with Crippen LogP contribution in [0.1, 0.15) is 21.6 Å². The molecule has 1 N–H and O–H groups in total. The van der Waals surface area contributed by atoms with Crippen molar-refractivity contribution in [3.05, 3.63) is 77.9 Å². The summed E-state index contributed by atoms with van der Waals surface area (Å²) >= 11 is 0. The van der Waals surface area contributed by atoms with Crippen molar-refractivity contribution < 1.29 is 18.0 Å². The van der Waals surface area contributed by atoms with E-state index in [0.29, 0.717) is 16.9 Å². The van der Waals surface area contributed by atoms with Gasteiger partial charge in [-0.1, -0.05) is 18.2 Å². The summed E-state index contributed by atoms with van der Waals surface area (Å²) in [5.74, 6) is -0.491. The number of nitrogens with one attached hydrogen (secondary N) is 1. The SMILES string of the molecule is Cc1cc2ncc(C(=O)Nc3ccncc3)n2nc1-c1ccccc1C(F)(F)F. The third-order valence-electron chi connectivity index (χ3n) is 4.34. The number of hydrogen-bond acceptors (Lipinski definition) is 4. The third kappa shape index (κ3) is 3.54. The summed E-state index contributed by atoms with van der Waals surface area (Å²) in [6.07, 6.45) is -0.149. The van der Waals surface area contributed by atoms with Crippen LogP contribution in [0.5, 0.6) is 0 Å². The van der Waals surface area contributed by atoms with Crippen LogP contribution in [0, 0.1) is 6.92 Å². The molecule has 9 heteroatoms. The minimum Gasteiger partial charge on any atom is -0.320 e. The molecule has 0 spiro atoms. The van der Waals surface area contributed by atoms with Crippen molar-refractivity contribution in [2.75, 3.05) is 5.32 Å². The first-order valence-corrected chi connectivity index (χ1v) is 8.58. The van der Waals surface area contributed by atoms with E-state index >= 15 is 0 Å². The number of fused-ring (bicyclic) bond motifs is 1. The fourth-order valence-electron chi connectivity index (χ4n) is 2.99. The molecule has 6 nitrogen and oxygen atoms in total. The van der Waals surface area contributed by atoms with Crippen LogP contribution in [0.25, 0.3) is 16.9 Å². The lowest BCUT2D eigenvalue weighted by molar-refractivity contribution is -0.137. The van der Waals surface area contributed by atoms with E-state index in [0.717, 1.165) is 6.07 Å². The number of aryl methyl sites for hydroxylation is 1. The highest BCUT2D eigenvalue weighted by atomic mass is 19.4. The molecule has 29 heavy (non-hydrogen) atoms. The van der Waals surface area contributed by atoms with Gasteiger partial charge in [-0.2, -0.15) is 18.3 Å². The normalized spacial score (nSPS) is 11.6. The number of amides is 1. The number of aromatic nitrogens is 4. The number of hydrogen-bond donors (Lipinski definition) is 1. The van der Waals surface area contributed by atoms with Gasteiger partial charge in [0.25, 0.3) is 5.91 Å². The Kier molecular flexibility index (Phi) is 4.50. The van der Waals surface area contributed by atoms with E-state index in [1.165, 1.54) is 41.3 Å². The zero-order valence-corrected chi connectivity index (χ0v) is 15.1. The van der Waals surface area contributed by atoms with Gasteiger partial charge in [0, 0.05) is 23.6 Å². The van der Waals surface area contributed by atoms with Crippen LogP contribution in [-0.4, -0.2) is 25.5 Å². The van der Waals surface area contributed by atoms with Crippen LogP contribution in [-0.2, 0) is 6.18 Å². The molecule has 0 aliphatic rings. The largest absolute Gasteiger partial charge is 0.417 e. The Balaban J connectivity index is 1.82. The minimum absolute atomic E-state index is 0.0615. The van der Waals surface area contributed by atoms with E-state index in [4.69, 9.17) is 0 Å². The van der Waals surface area contributed by atoms with E-state index in [2.05, 4.69) is 20.4 Å². The molecule has 0 unspecified atom stereocenters. The van der Waals surface area contributed by atoms with Gasteiger partial charge < -0.3 is 5.32 Å². The molecule has 4 aromatic rings. The molecule has 4 rings (SSSR count). The van der Waals surface area contributed by atoms with Gasteiger partial charge in [0.05, 0.1) is 17.5 Å². The molecule has 0 fully saturated rings. The summed E-state index contributed by atoms with van der Waals surface area (Å²) in [6.45, 7) is 1.65. The van der Waals surface area contributed by atoms with E-state index in [-0.39, 0.29) is 17.0 Å². The van der Waals surface area contributed by atoms with E-state index in [1.54, 1.807) is 25.1 Å². The van der Waals surface area contributed by atoms with E-state index < -0.39 is 17.6 Å². The van der Waals surface area contributed by atoms with Crippen molar-refractivity contribution >= 4 is 17.2 Å². The van der Waals surface area contributed by atoms with Gasteiger partial charge in [0.1, 0.15) is 0 Å². The molecule has 3 heterocycles. The first kappa shape index (κ1) is 18.6. The van der Waals surface area contributed by atoms with Crippen LogP contribution in [0.2, 0.25) is 0 Å². The van der Waals surface area contributed by atoms with Crippen molar-refractivity contribution in [1.82, 2.24) is 19.6 Å². The Bertz CT molecular complexity index is 1200. The molecule has 0 saturated carbocycles. The number of alkyl halides is 3. The minimum atomic E-state index is -4.53. The van der Waals surface area contributed by atoms with Gasteiger partial charge in [-0.05, 0) is 36.8 Å². The van der Waals surface area contributed by atoms with Gasteiger partial charge in [-0.15, -0.1) is 0 Å². The van der Waals surface area contributed by atoms with E-state index in [1.807, 2.05) is 0 Å². The molecule has 146 valence electrons. The Morgan fingerprint density at radius 3 is 2.55 bits per heavy atom. The van der Waals surface area contributed by atoms with Crippen molar-refractivity contribution in [3.8, 4) is 11.3 Å². The maximum absolute atomic E-state index is 13.5. The van der Waals surface area contributed by atoms with Gasteiger partial charge >= 0.3 is 6.18 Å². The summed E-state index contributed by atoms with van der Waals surface area (Å²) in [4.78, 5) is 20.7. The Morgan fingerprint density at radius 2 is 1.83 bits per heavy atom. The predicted molar refractivity (Wildman–Crippen MR) is 100 cm³/mol. The standard InChI is InChI=1S/C20H14F3N5O/c1-12-10-17-25-11-16(19(29)26-13-6-8-24-9-7-13)28(17)27-18(12)14-4-2-3-5-15(14)20(21,22)23/h2-11H,1H3,(H,24,26,29). The highest BCUT2D eigenvalue weighted by Gasteiger charge is 2.34. The van der Waals surface area contributed by atoms with Crippen LogP contribution in [0.3, 0.4) is 0 Å². The molecule has 0 aliphatic heterocycles. The maximum Gasteiger partial charge on any atom is 0.417 e. The van der Waals surface area contributed by atoms with Gasteiger partial charge in [-0.3, -0.25) is 9.78 Å². The molecule has 1 aromatic carbocycles. The molecule has 0 bridgehead atoms. The smallest absolute Gasteiger partial charge is 0.320 e. The van der Waals surface area contributed by atoms with Crippen LogP contribution in [0.4, 0.5) is 18.9 Å². The second kappa shape index (κ2) is 7.01. The van der Waals surface area contributed by atoms with Gasteiger partial charge in [-0.25, -0.2) is 9.50 Å². The Hall–Kier alpha value is -3.75. The molecule has 0 radical (unpaired) electrons. The fourth-order valence-corrected chi connectivity index (χ4v) is 2.99. The number of rotatable bonds is 3. The molecule has 0 atom stereocenters. The van der Waals surface area contributed by atoms with Gasteiger partial charge in [0.2, 0.25) is 0 Å². The van der Waals surface area contributed by atoms with Gasteiger partial charge in [0.15, 0.2) is 11.3 Å². The predicted octanol–water partition coefficient (Wildman–Crippen LogP) is 4.37. The number of carbonyl (C=O) groups excluding carboxylic acids is 1. The monoisotopic (exact) mass is 397 g/mol. The molecule has 0 aliphatic carbocycles. The highest BCUT2D eigenvalue weighted by molar-refractivity contribution is 6.03. The molecular weight excluding hydrogens is 383 g/mol. The van der Waals surface area contributed by atoms with Crippen molar-refractivity contribution in [2.24, 2.45) is 0 Å². The van der Waals surface area contributed by atoms with Crippen molar-refractivity contribution in [3.63, 3.8) is 0 Å². The number of halogens is 3. The highest BCUT2D eigenvalue weighted by Crippen LogP contribution is 2.37. The quantitative estimate of drug-likeness (QED) is 0.557. The fraction of sp³-hybridized carbons (Fsp3) is 0.100. The summed E-state index contributed by atoms with van der Waals surface area (Å²) in [6, 6.07) is 10.0. The van der Waals surface area contributed by atoms with E-state index in [9.17, 15) is 18.0 Å². The zero-order chi connectivity index (χ0) is 20.6. The maximum atomic E-state index is 13.5. The number of imidazole rings is 1. The zero-order valence-electron chi connectivity index (χ0n) is 15.1. The summed E-state index contributed by atoms with van der Waals surface area (Å²) < 4.78 is 41.6. The number of benzene rings is 1. The summed E-state index contributed by atoms with van der Waals surface area (Å²) in [7, 11) is 0. The molecule has 0 saturated heterocycles. The lowest BCUT2D eigenvalue weighted by Gasteiger charge is -2.14. The summed E-state index contributed by atoms with van der Waals surface area (Å²) in [5.41, 5.74) is 0.765. The number of carbonyl (C=O) groups is 1. The number of pyridine rings is 1. The van der Waals surface area contributed by atoms with Crippen molar-refractivity contribution in [1.29, 1.82) is 0 Å². The summed E-state index contributed by atoms with van der Waals surface area (Å²) in [5, 5.41) is 7.01. The second-order valence-electron chi connectivity index (χ2n) is 6.32. The average molecular weight is 397 g/mol. The number of nitrogens with zero attached hydrogens (tertiary/aromatic N) is 4. The second-order valence-corrected chi connectivity index (χ2v) is 6.32. The molecule has 3 aromatic heterocycles. The molecule has 1 amide bonds. The van der Waals surface area contributed by atoms with Crippen LogP contribution >= 0.6 is 0 Å². The Labute approximate surface area is 163 Å². The Morgan fingerprint density at radius 1 is 1.10 bits per heavy atom. The first-order chi connectivity index (χ1) is 13.8. The van der Waals surface area contributed by atoms with Crippen LogP contribution < -0.4 is 5.32 Å². The van der Waals surface area contributed by atoms with Crippen LogP contribution in [0.15, 0.2) is 61.1 Å². The van der Waals surface area contributed by atoms with Crippen molar-refractivity contribution in [2.45, 2.75) is 13.1 Å². The lowest BCUT2D eigenvalue weighted by Crippen LogP contribution is -2.16. The third-order valence-corrected chi connectivity index (χ3v) is 4.34. The number of anilines is 1.